The first-order chi connectivity index (χ1) is 16.0. The van der Waals surface area contributed by atoms with Crippen LogP contribution in [0, 0.1) is 5.82 Å². The van der Waals surface area contributed by atoms with Crippen LogP contribution in [0.4, 0.5) is 16.0 Å². The maximum atomic E-state index is 13.3. The minimum atomic E-state index is -0.648. The molecule has 0 saturated carbocycles. The Bertz CT molecular complexity index is 1260. The lowest BCUT2D eigenvalue weighted by molar-refractivity contribution is 0.289. The SMILES string of the molecule is CC(CCO)Sc1cnc(Nc2ccc(-c3noc(=O)[nH]3)cn2)c(Oc2ccc(F)cc2)c1. The van der Waals surface area contributed by atoms with Gasteiger partial charge in [-0.3, -0.25) is 9.51 Å². The van der Waals surface area contributed by atoms with Crippen molar-refractivity contribution in [3.05, 3.63) is 71.2 Å². The Balaban J connectivity index is 1.58. The van der Waals surface area contributed by atoms with Crippen molar-refractivity contribution in [3.8, 4) is 22.9 Å². The van der Waals surface area contributed by atoms with E-state index in [4.69, 9.17) is 9.84 Å². The van der Waals surface area contributed by atoms with Gasteiger partial charge in [0.2, 0.25) is 0 Å². The van der Waals surface area contributed by atoms with Crippen molar-refractivity contribution in [1.29, 1.82) is 0 Å². The van der Waals surface area contributed by atoms with Crippen LogP contribution in [-0.4, -0.2) is 37.1 Å². The number of ether oxygens (including phenoxy) is 1. The van der Waals surface area contributed by atoms with Gasteiger partial charge in [0.25, 0.3) is 0 Å². The minimum Gasteiger partial charge on any atom is -0.453 e. The molecule has 11 heteroatoms. The number of aliphatic hydroxyl groups is 1. The standard InChI is InChI=1S/C22H20FN5O4S/c1-13(8-9-29)33-17-10-18(31-16-5-3-15(23)4-6-16)21(25-12-17)26-19-7-2-14(11-24-19)20-27-22(30)32-28-20/h2-7,10-13,29H,8-9H2,1H3,(H,24,25,26)(H,27,28,30). The molecule has 3 N–H and O–H groups in total. The van der Waals surface area contributed by atoms with Crippen molar-refractivity contribution in [2.45, 2.75) is 23.5 Å². The predicted molar refractivity (Wildman–Crippen MR) is 121 cm³/mol. The number of hydrogen-bond donors (Lipinski definition) is 3. The fourth-order valence-electron chi connectivity index (χ4n) is 2.85. The Morgan fingerprint density at radius 2 is 2.03 bits per heavy atom. The van der Waals surface area contributed by atoms with Gasteiger partial charge in [-0.25, -0.2) is 19.2 Å². The summed E-state index contributed by atoms with van der Waals surface area (Å²) in [5, 5.41) is 16.1. The summed E-state index contributed by atoms with van der Waals surface area (Å²) < 4.78 is 23.8. The molecule has 0 spiro atoms. The Hall–Kier alpha value is -3.70. The Morgan fingerprint density at radius 1 is 1.21 bits per heavy atom. The molecule has 3 aromatic heterocycles. The van der Waals surface area contributed by atoms with Crippen LogP contribution in [0.25, 0.3) is 11.4 Å². The number of halogens is 1. The highest BCUT2D eigenvalue weighted by molar-refractivity contribution is 7.99. The highest BCUT2D eigenvalue weighted by atomic mass is 32.2. The van der Waals surface area contributed by atoms with Gasteiger partial charge in [0.05, 0.1) is 0 Å². The summed E-state index contributed by atoms with van der Waals surface area (Å²) in [6.07, 6.45) is 3.87. The molecule has 0 bridgehead atoms. The van der Waals surface area contributed by atoms with Gasteiger partial charge >= 0.3 is 5.76 Å². The summed E-state index contributed by atoms with van der Waals surface area (Å²) in [6.45, 7) is 2.12. The number of anilines is 2. The van der Waals surface area contributed by atoms with Crippen LogP contribution in [-0.2, 0) is 0 Å². The fraction of sp³-hybridized carbons (Fsp3) is 0.182. The lowest BCUT2D eigenvalue weighted by atomic mass is 10.2. The first-order valence-corrected chi connectivity index (χ1v) is 10.9. The smallest absolute Gasteiger partial charge is 0.439 e. The average Bonchev–Trinajstić information content (AvgIpc) is 3.24. The molecule has 0 fully saturated rings. The first-order valence-electron chi connectivity index (χ1n) is 10.0. The molecule has 4 aromatic rings. The molecule has 33 heavy (non-hydrogen) atoms. The summed E-state index contributed by atoms with van der Waals surface area (Å²) in [6, 6.07) is 10.9. The van der Waals surface area contributed by atoms with Crippen molar-refractivity contribution in [2.24, 2.45) is 0 Å². The molecule has 0 aliphatic rings. The number of hydrogen-bond acceptors (Lipinski definition) is 9. The summed E-state index contributed by atoms with van der Waals surface area (Å²) in [5.41, 5.74) is 0.576. The minimum absolute atomic E-state index is 0.101. The van der Waals surface area contributed by atoms with Crippen molar-refractivity contribution < 1.29 is 18.8 Å². The van der Waals surface area contributed by atoms with Crippen molar-refractivity contribution in [2.75, 3.05) is 11.9 Å². The van der Waals surface area contributed by atoms with E-state index in [-0.39, 0.29) is 23.5 Å². The molecule has 170 valence electrons. The van der Waals surface area contributed by atoms with Crippen molar-refractivity contribution >= 4 is 23.4 Å². The normalized spacial score (nSPS) is 11.8. The number of aromatic amines is 1. The van der Waals surface area contributed by atoms with Crippen LogP contribution in [0.1, 0.15) is 13.3 Å². The number of thioether (sulfide) groups is 1. The molecule has 0 aliphatic carbocycles. The molecular weight excluding hydrogens is 449 g/mol. The largest absolute Gasteiger partial charge is 0.453 e. The number of aromatic nitrogens is 4. The second-order valence-corrected chi connectivity index (χ2v) is 8.53. The molecule has 1 aromatic carbocycles. The average molecular weight is 469 g/mol. The number of nitrogens with one attached hydrogen (secondary N) is 2. The predicted octanol–water partition coefficient (Wildman–Crippen LogP) is 4.36. The molecule has 9 nitrogen and oxygen atoms in total. The lowest BCUT2D eigenvalue weighted by Gasteiger charge is -2.15. The third kappa shape index (κ3) is 5.96. The van der Waals surface area contributed by atoms with Crippen LogP contribution in [0.15, 0.2) is 69.1 Å². The van der Waals surface area contributed by atoms with Gasteiger partial charge in [-0.05, 0) is 48.9 Å². The van der Waals surface area contributed by atoms with Gasteiger partial charge in [-0.2, -0.15) is 0 Å². The molecule has 1 atom stereocenters. The summed E-state index contributed by atoms with van der Waals surface area (Å²) in [5.74, 6) is 1.03. The third-order valence-electron chi connectivity index (χ3n) is 4.47. The summed E-state index contributed by atoms with van der Waals surface area (Å²) >= 11 is 1.56. The van der Waals surface area contributed by atoms with E-state index in [1.54, 1.807) is 30.1 Å². The molecule has 0 aliphatic heterocycles. The van der Waals surface area contributed by atoms with Gasteiger partial charge in [-0.1, -0.05) is 12.1 Å². The number of nitrogens with zero attached hydrogens (tertiary/aromatic N) is 3. The van der Waals surface area contributed by atoms with Gasteiger partial charge in [0, 0.05) is 34.7 Å². The number of pyridine rings is 2. The van der Waals surface area contributed by atoms with Crippen molar-refractivity contribution in [1.82, 2.24) is 20.1 Å². The van der Waals surface area contributed by atoms with E-state index in [0.29, 0.717) is 35.1 Å². The summed E-state index contributed by atoms with van der Waals surface area (Å²) in [7, 11) is 0. The van der Waals surface area contributed by atoms with Crippen LogP contribution in [0.3, 0.4) is 0 Å². The van der Waals surface area contributed by atoms with Gasteiger partial charge in [-0.15, -0.1) is 11.8 Å². The van der Waals surface area contributed by atoms with Gasteiger partial charge in [0.15, 0.2) is 17.4 Å². The Labute approximate surface area is 192 Å². The van der Waals surface area contributed by atoms with Gasteiger partial charge < -0.3 is 15.2 Å². The lowest BCUT2D eigenvalue weighted by Crippen LogP contribution is -2.02. The van der Waals surface area contributed by atoms with Gasteiger partial charge in [0.1, 0.15) is 17.4 Å². The van der Waals surface area contributed by atoms with E-state index in [1.807, 2.05) is 13.0 Å². The van der Waals surface area contributed by atoms with Crippen LogP contribution in [0.2, 0.25) is 0 Å². The molecule has 0 radical (unpaired) electrons. The van der Waals surface area contributed by atoms with Crippen molar-refractivity contribution in [3.63, 3.8) is 0 Å². The first kappa shape index (κ1) is 22.5. The molecule has 0 amide bonds. The molecule has 0 saturated heterocycles. The zero-order valence-electron chi connectivity index (χ0n) is 17.5. The maximum absolute atomic E-state index is 13.3. The van der Waals surface area contributed by atoms with E-state index in [2.05, 4.69) is 29.9 Å². The Morgan fingerprint density at radius 3 is 2.70 bits per heavy atom. The van der Waals surface area contributed by atoms with Crippen LogP contribution < -0.4 is 15.8 Å². The highest BCUT2D eigenvalue weighted by Gasteiger charge is 2.13. The molecule has 1 unspecified atom stereocenters. The molecule has 3 heterocycles. The summed E-state index contributed by atoms with van der Waals surface area (Å²) in [4.78, 5) is 23.3. The van der Waals surface area contributed by atoms with E-state index >= 15 is 0 Å². The fourth-order valence-corrected chi connectivity index (χ4v) is 3.83. The second kappa shape index (κ2) is 10.3. The van der Waals surface area contributed by atoms with E-state index in [0.717, 1.165) is 4.90 Å². The topological polar surface area (TPSA) is 126 Å². The third-order valence-corrected chi connectivity index (χ3v) is 5.60. The van der Waals surface area contributed by atoms with E-state index in [9.17, 15) is 9.18 Å². The van der Waals surface area contributed by atoms with E-state index in [1.165, 1.54) is 30.5 Å². The van der Waals surface area contributed by atoms with Crippen LogP contribution in [0.5, 0.6) is 11.5 Å². The number of benzene rings is 1. The van der Waals surface area contributed by atoms with E-state index < -0.39 is 5.76 Å². The monoisotopic (exact) mass is 469 g/mol. The second-order valence-electron chi connectivity index (χ2n) is 7.02. The molecule has 4 rings (SSSR count). The number of rotatable bonds is 9. The quantitative estimate of drug-likeness (QED) is 0.307. The highest BCUT2D eigenvalue weighted by Crippen LogP contribution is 2.35. The van der Waals surface area contributed by atoms with Crippen LogP contribution >= 0.6 is 11.8 Å². The maximum Gasteiger partial charge on any atom is 0.439 e. The number of H-pyrrole nitrogens is 1. The Kier molecular flexibility index (Phi) is 7.01. The zero-order valence-corrected chi connectivity index (χ0v) is 18.3. The zero-order chi connectivity index (χ0) is 23.2. The number of aliphatic hydroxyl groups excluding tert-OH is 1. The molecular formula is C22H20FN5O4S.